The Morgan fingerprint density at radius 2 is 1.96 bits per heavy atom. The first kappa shape index (κ1) is 18.4. The van der Waals surface area contributed by atoms with Gasteiger partial charge >= 0.3 is 0 Å². The summed E-state index contributed by atoms with van der Waals surface area (Å²) in [6, 6.07) is 15.4. The van der Waals surface area contributed by atoms with Crippen molar-refractivity contribution in [2.24, 2.45) is 0 Å². The lowest BCUT2D eigenvalue weighted by atomic mass is 10.2. The fourth-order valence-corrected chi connectivity index (χ4v) is 2.73. The van der Waals surface area contributed by atoms with Gasteiger partial charge in [-0.1, -0.05) is 35.9 Å². The number of hydrogen-bond donors (Lipinski definition) is 0. The van der Waals surface area contributed by atoms with Crippen molar-refractivity contribution in [2.45, 2.75) is 19.9 Å². The van der Waals surface area contributed by atoms with E-state index in [0.717, 1.165) is 23.4 Å². The van der Waals surface area contributed by atoms with Crippen molar-refractivity contribution in [3.8, 4) is 17.2 Å². The van der Waals surface area contributed by atoms with E-state index in [-0.39, 0.29) is 6.04 Å². The van der Waals surface area contributed by atoms with E-state index in [4.69, 9.17) is 20.8 Å². The molecule has 0 saturated carbocycles. The van der Waals surface area contributed by atoms with E-state index in [2.05, 4.69) is 15.1 Å². The first-order chi connectivity index (χ1) is 12.5. The van der Waals surface area contributed by atoms with Crippen molar-refractivity contribution >= 4 is 11.6 Å². The molecular weight excluding hydrogens is 350 g/mol. The Hall–Kier alpha value is -2.37. The standard InChI is InChI=1S/C20H22ClN3O2/c1-14-7-4-5-10-18(14)25-12-11-24(3)15(2)19-22-23-20(26-19)16-8-6-9-17(21)13-16/h4-10,13,15H,11-12H2,1-3H3. The van der Waals surface area contributed by atoms with E-state index in [1.54, 1.807) is 0 Å². The summed E-state index contributed by atoms with van der Waals surface area (Å²) in [5.41, 5.74) is 1.94. The molecule has 3 rings (SSSR count). The third kappa shape index (κ3) is 4.42. The summed E-state index contributed by atoms with van der Waals surface area (Å²) in [5, 5.41) is 8.96. The molecule has 6 heteroatoms. The molecule has 0 spiro atoms. The minimum atomic E-state index is -0.0177. The van der Waals surface area contributed by atoms with Crippen LogP contribution in [0.1, 0.15) is 24.4 Å². The molecule has 5 nitrogen and oxygen atoms in total. The van der Waals surface area contributed by atoms with Crippen LogP contribution in [0.3, 0.4) is 0 Å². The average molecular weight is 372 g/mol. The molecule has 0 bridgehead atoms. The van der Waals surface area contributed by atoms with Crippen molar-refractivity contribution in [1.82, 2.24) is 15.1 Å². The minimum Gasteiger partial charge on any atom is -0.492 e. The molecule has 2 aromatic carbocycles. The molecule has 0 aliphatic heterocycles. The number of ether oxygens (including phenoxy) is 1. The number of halogens is 1. The molecule has 0 aliphatic carbocycles. The number of benzene rings is 2. The maximum absolute atomic E-state index is 6.02. The van der Waals surface area contributed by atoms with Crippen molar-refractivity contribution in [3.63, 3.8) is 0 Å². The van der Waals surface area contributed by atoms with Crippen LogP contribution in [0, 0.1) is 6.92 Å². The Bertz CT molecular complexity index is 866. The number of para-hydroxylation sites is 1. The van der Waals surface area contributed by atoms with Crippen LogP contribution < -0.4 is 4.74 Å². The van der Waals surface area contributed by atoms with Gasteiger partial charge in [0.15, 0.2) is 0 Å². The molecule has 1 unspecified atom stereocenters. The average Bonchev–Trinajstić information content (AvgIpc) is 3.13. The van der Waals surface area contributed by atoms with Gasteiger partial charge < -0.3 is 9.15 Å². The van der Waals surface area contributed by atoms with Gasteiger partial charge in [-0.25, -0.2) is 0 Å². The Balaban J connectivity index is 1.58. The zero-order chi connectivity index (χ0) is 18.5. The smallest absolute Gasteiger partial charge is 0.247 e. The van der Waals surface area contributed by atoms with Gasteiger partial charge in [-0.3, -0.25) is 4.90 Å². The minimum absolute atomic E-state index is 0.0177. The molecule has 0 saturated heterocycles. The SMILES string of the molecule is Cc1ccccc1OCCN(C)C(C)c1nnc(-c2cccc(Cl)c2)o1. The molecular formula is C20H22ClN3O2. The zero-order valence-corrected chi connectivity index (χ0v) is 15.9. The van der Waals surface area contributed by atoms with Crippen LogP contribution in [-0.2, 0) is 0 Å². The van der Waals surface area contributed by atoms with Crippen LogP contribution >= 0.6 is 11.6 Å². The lowest BCUT2D eigenvalue weighted by molar-refractivity contribution is 0.181. The number of hydrogen-bond acceptors (Lipinski definition) is 5. The number of aryl methyl sites for hydroxylation is 1. The highest BCUT2D eigenvalue weighted by molar-refractivity contribution is 6.30. The van der Waals surface area contributed by atoms with Gasteiger partial charge in [0.25, 0.3) is 0 Å². The second-order valence-corrected chi connectivity index (χ2v) is 6.66. The fourth-order valence-electron chi connectivity index (χ4n) is 2.54. The third-order valence-electron chi connectivity index (χ3n) is 4.33. The fraction of sp³-hybridized carbons (Fsp3) is 0.300. The van der Waals surface area contributed by atoms with Gasteiger partial charge in [-0.05, 0) is 50.7 Å². The second-order valence-electron chi connectivity index (χ2n) is 6.23. The molecule has 0 N–H and O–H groups in total. The Morgan fingerprint density at radius 1 is 1.15 bits per heavy atom. The van der Waals surface area contributed by atoms with Gasteiger partial charge in [0.2, 0.25) is 11.8 Å². The maximum atomic E-state index is 6.02. The molecule has 1 heterocycles. The molecule has 0 radical (unpaired) electrons. The van der Waals surface area contributed by atoms with Gasteiger partial charge in [-0.2, -0.15) is 0 Å². The first-order valence-electron chi connectivity index (χ1n) is 8.52. The van der Waals surface area contributed by atoms with Gasteiger partial charge in [0.05, 0.1) is 6.04 Å². The molecule has 136 valence electrons. The molecule has 1 atom stereocenters. The van der Waals surface area contributed by atoms with Crippen molar-refractivity contribution < 1.29 is 9.15 Å². The Morgan fingerprint density at radius 3 is 2.73 bits per heavy atom. The summed E-state index contributed by atoms with van der Waals surface area (Å²) < 4.78 is 11.7. The van der Waals surface area contributed by atoms with Crippen LogP contribution in [0.15, 0.2) is 52.9 Å². The lowest BCUT2D eigenvalue weighted by Crippen LogP contribution is -2.27. The van der Waals surface area contributed by atoms with Crippen LogP contribution in [0.5, 0.6) is 5.75 Å². The van der Waals surface area contributed by atoms with E-state index in [0.29, 0.717) is 23.4 Å². The second kappa shape index (κ2) is 8.34. The molecule has 26 heavy (non-hydrogen) atoms. The summed E-state index contributed by atoms with van der Waals surface area (Å²) in [7, 11) is 2.01. The quantitative estimate of drug-likeness (QED) is 0.598. The molecule has 0 amide bonds. The number of aromatic nitrogens is 2. The number of nitrogens with zero attached hydrogens (tertiary/aromatic N) is 3. The van der Waals surface area contributed by atoms with Crippen LogP contribution in [-0.4, -0.2) is 35.3 Å². The highest BCUT2D eigenvalue weighted by Crippen LogP contribution is 2.25. The van der Waals surface area contributed by atoms with E-state index >= 15 is 0 Å². The Kier molecular flexibility index (Phi) is 5.91. The Labute approximate surface area is 158 Å². The predicted molar refractivity (Wildman–Crippen MR) is 102 cm³/mol. The van der Waals surface area contributed by atoms with Gasteiger partial charge in [-0.15, -0.1) is 10.2 Å². The van der Waals surface area contributed by atoms with E-state index in [1.165, 1.54) is 0 Å². The molecule has 3 aromatic rings. The summed E-state index contributed by atoms with van der Waals surface area (Å²) >= 11 is 6.02. The summed E-state index contributed by atoms with van der Waals surface area (Å²) in [4.78, 5) is 2.12. The third-order valence-corrected chi connectivity index (χ3v) is 4.56. The van der Waals surface area contributed by atoms with Crippen LogP contribution in [0.25, 0.3) is 11.5 Å². The van der Waals surface area contributed by atoms with Crippen molar-refractivity contribution in [1.29, 1.82) is 0 Å². The van der Waals surface area contributed by atoms with E-state index in [9.17, 15) is 0 Å². The zero-order valence-electron chi connectivity index (χ0n) is 15.1. The molecule has 0 aliphatic rings. The first-order valence-corrected chi connectivity index (χ1v) is 8.90. The predicted octanol–water partition coefficient (Wildman–Crippen LogP) is 4.77. The lowest BCUT2D eigenvalue weighted by Gasteiger charge is -2.21. The topological polar surface area (TPSA) is 51.4 Å². The number of likely N-dealkylation sites (N-methyl/N-ethyl adjacent to an activating group) is 1. The maximum Gasteiger partial charge on any atom is 0.247 e. The van der Waals surface area contributed by atoms with Crippen LogP contribution in [0.2, 0.25) is 5.02 Å². The molecule has 1 aromatic heterocycles. The van der Waals surface area contributed by atoms with Gasteiger partial charge in [0, 0.05) is 17.1 Å². The van der Waals surface area contributed by atoms with E-state index < -0.39 is 0 Å². The van der Waals surface area contributed by atoms with Crippen LogP contribution in [0.4, 0.5) is 0 Å². The normalized spacial score (nSPS) is 12.3. The van der Waals surface area contributed by atoms with Gasteiger partial charge in [0.1, 0.15) is 12.4 Å². The van der Waals surface area contributed by atoms with Crippen molar-refractivity contribution in [2.75, 3.05) is 20.2 Å². The largest absolute Gasteiger partial charge is 0.492 e. The number of rotatable bonds is 7. The highest BCUT2D eigenvalue weighted by Gasteiger charge is 2.19. The van der Waals surface area contributed by atoms with E-state index in [1.807, 2.05) is 69.4 Å². The van der Waals surface area contributed by atoms with Crippen molar-refractivity contribution in [3.05, 3.63) is 65.0 Å². The summed E-state index contributed by atoms with van der Waals surface area (Å²) in [6.07, 6.45) is 0. The molecule has 0 fully saturated rings. The summed E-state index contributed by atoms with van der Waals surface area (Å²) in [5.74, 6) is 1.95. The summed E-state index contributed by atoms with van der Waals surface area (Å²) in [6.45, 7) is 5.39. The highest BCUT2D eigenvalue weighted by atomic mass is 35.5. The monoisotopic (exact) mass is 371 g/mol.